The van der Waals surface area contributed by atoms with Gasteiger partial charge in [-0.2, -0.15) is 0 Å². The van der Waals surface area contributed by atoms with Crippen molar-refractivity contribution in [2.45, 2.75) is 26.2 Å². The summed E-state index contributed by atoms with van der Waals surface area (Å²) in [5, 5.41) is 3.33. The van der Waals surface area contributed by atoms with Gasteiger partial charge < -0.3 is 15.1 Å². The molecule has 0 spiro atoms. The third-order valence-electron chi connectivity index (χ3n) is 3.56. The highest BCUT2D eigenvalue weighted by Gasteiger charge is 2.36. The summed E-state index contributed by atoms with van der Waals surface area (Å²) >= 11 is 0. The van der Waals surface area contributed by atoms with Crippen molar-refractivity contribution in [3.63, 3.8) is 0 Å². The Balaban J connectivity index is 2.39. The van der Waals surface area contributed by atoms with Gasteiger partial charge in [0, 0.05) is 20.1 Å². The Kier molecular flexibility index (Phi) is 5.40. The maximum Gasteiger partial charge on any atom is 0.229 e. The number of carbonyl (C=O) groups is 1. The van der Waals surface area contributed by atoms with Crippen LogP contribution in [-0.4, -0.2) is 63.0 Å². The molecule has 0 radical (unpaired) electrons. The van der Waals surface area contributed by atoms with Crippen molar-refractivity contribution < 1.29 is 4.79 Å². The van der Waals surface area contributed by atoms with Crippen molar-refractivity contribution in [3.05, 3.63) is 0 Å². The number of hydrogen-bond donors (Lipinski definition) is 1. The maximum absolute atomic E-state index is 12.4. The lowest BCUT2D eigenvalue weighted by Crippen LogP contribution is -2.49. The quantitative estimate of drug-likeness (QED) is 0.773. The van der Waals surface area contributed by atoms with Crippen LogP contribution in [0.3, 0.4) is 0 Å². The van der Waals surface area contributed by atoms with Gasteiger partial charge in [-0.15, -0.1) is 0 Å². The van der Waals surface area contributed by atoms with E-state index in [0.29, 0.717) is 5.91 Å². The van der Waals surface area contributed by atoms with E-state index in [0.717, 1.165) is 45.4 Å². The van der Waals surface area contributed by atoms with E-state index in [1.807, 2.05) is 11.9 Å². The summed E-state index contributed by atoms with van der Waals surface area (Å²) in [6, 6.07) is 0. The van der Waals surface area contributed by atoms with Crippen LogP contribution < -0.4 is 5.32 Å². The van der Waals surface area contributed by atoms with E-state index in [-0.39, 0.29) is 5.41 Å². The Labute approximate surface area is 105 Å². The summed E-state index contributed by atoms with van der Waals surface area (Å²) in [5.74, 6) is 0.295. The normalized spacial score (nSPS) is 25.0. The molecule has 0 saturated carbocycles. The Bertz CT molecular complexity index is 247. The molecule has 0 bridgehead atoms. The van der Waals surface area contributed by atoms with Crippen LogP contribution in [0, 0.1) is 5.41 Å². The molecule has 0 aliphatic carbocycles. The van der Waals surface area contributed by atoms with E-state index in [2.05, 4.69) is 31.2 Å². The third-order valence-corrected chi connectivity index (χ3v) is 3.56. The number of rotatable bonds is 5. The van der Waals surface area contributed by atoms with Crippen molar-refractivity contribution in [1.29, 1.82) is 0 Å². The fourth-order valence-electron chi connectivity index (χ4n) is 2.43. The molecule has 1 fully saturated rings. The third kappa shape index (κ3) is 4.28. The molecular weight excluding hydrogens is 214 g/mol. The van der Waals surface area contributed by atoms with Gasteiger partial charge in [-0.05, 0) is 53.4 Å². The van der Waals surface area contributed by atoms with Gasteiger partial charge in [0.2, 0.25) is 5.91 Å². The van der Waals surface area contributed by atoms with Crippen molar-refractivity contribution in [3.8, 4) is 0 Å². The van der Waals surface area contributed by atoms with Crippen LogP contribution in [0.25, 0.3) is 0 Å². The smallest absolute Gasteiger partial charge is 0.229 e. The molecule has 1 atom stereocenters. The second-order valence-electron chi connectivity index (χ2n) is 5.72. The van der Waals surface area contributed by atoms with E-state index in [9.17, 15) is 4.79 Å². The zero-order valence-corrected chi connectivity index (χ0v) is 11.8. The molecule has 4 nitrogen and oxygen atoms in total. The Morgan fingerprint density at radius 3 is 2.53 bits per heavy atom. The second-order valence-corrected chi connectivity index (χ2v) is 5.72. The minimum absolute atomic E-state index is 0.189. The first kappa shape index (κ1) is 14.5. The van der Waals surface area contributed by atoms with Crippen LogP contribution >= 0.6 is 0 Å². The molecule has 100 valence electrons. The van der Waals surface area contributed by atoms with Crippen LogP contribution in [0.4, 0.5) is 0 Å². The number of nitrogens with zero attached hydrogens (tertiary/aromatic N) is 2. The summed E-state index contributed by atoms with van der Waals surface area (Å²) < 4.78 is 0. The van der Waals surface area contributed by atoms with E-state index in [1.54, 1.807) is 0 Å². The van der Waals surface area contributed by atoms with Gasteiger partial charge >= 0.3 is 0 Å². The molecule has 1 rings (SSSR count). The Morgan fingerprint density at radius 2 is 2.00 bits per heavy atom. The Hall–Kier alpha value is -0.610. The molecule has 1 saturated heterocycles. The van der Waals surface area contributed by atoms with E-state index in [1.165, 1.54) is 0 Å². The minimum atomic E-state index is -0.189. The zero-order valence-electron chi connectivity index (χ0n) is 11.8. The topological polar surface area (TPSA) is 35.6 Å². The number of piperidine rings is 1. The van der Waals surface area contributed by atoms with Crippen LogP contribution in [0.5, 0.6) is 0 Å². The molecule has 4 heteroatoms. The molecule has 0 aromatic carbocycles. The molecule has 17 heavy (non-hydrogen) atoms. The van der Waals surface area contributed by atoms with Gasteiger partial charge in [-0.25, -0.2) is 0 Å². The summed E-state index contributed by atoms with van der Waals surface area (Å²) in [7, 11) is 6.06. The van der Waals surface area contributed by atoms with Crippen molar-refractivity contribution >= 4 is 5.91 Å². The second kappa shape index (κ2) is 6.36. The lowest BCUT2D eigenvalue weighted by Gasteiger charge is -2.36. The monoisotopic (exact) mass is 241 g/mol. The first-order valence-electron chi connectivity index (χ1n) is 6.57. The van der Waals surface area contributed by atoms with Crippen LogP contribution in [0.15, 0.2) is 0 Å². The minimum Gasteiger partial charge on any atom is -0.345 e. The number of carbonyl (C=O) groups excluding carboxylic acids is 1. The molecule has 0 aromatic rings. The molecule has 1 amide bonds. The first-order chi connectivity index (χ1) is 7.96. The predicted molar refractivity (Wildman–Crippen MR) is 71.0 cm³/mol. The highest BCUT2D eigenvalue weighted by atomic mass is 16.2. The lowest BCUT2D eigenvalue weighted by molar-refractivity contribution is -0.140. The molecule has 1 aliphatic rings. The number of amides is 1. The largest absolute Gasteiger partial charge is 0.345 e. The summed E-state index contributed by atoms with van der Waals surface area (Å²) in [4.78, 5) is 16.4. The molecule has 1 heterocycles. The van der Waals surface area contributed by atoms with E-state index < -0.39 is 0 Å². The number of hydrogen-bond acceptors (Lipinski definition) is 3. The molecular formula is C13H27N3O. The SMILES string of the molecule is CN(C)CCCN(C)C(=O)C1(C)CCCNC1. The van der Waals surface area contributed by atoms with Crippen LogP contribution in [-0.2, 0) is 4.79 Å². The van der Waals surface area contributed by atoms with Gasteiger partial charge in [-0.3, -0.25) is 4.79 Å². The van der Waals surface area contributed by atoms with Crippen LogP contribution in [0.2, 0.25) is 0 Å². The van der Waals surface area contributed by atoms with E-state index >= 15 is 0 Å². The molecule has 1 N–H and O–H groups in total. The Morgan fingerprint density at radius 1 is 1.29 bits per heavy atom. The summed E-state index contributed by atoms with van der Waals surface area (Å²) in [5.41, 5.74) is -0.189. The predicted octanol–water partition coefficient (Wildman–Crippen LogP) is 0.786. The van der Waals surface area contributed by atoms with Gasteiger partial charge in [0.25, 0.3) is 0 Å². The standard InChI is InChI=1S/C13H27N3O/c1-13(7-5-8-14-11-13)12(17)16(4)10-6-9-15(2)3/h14H,5-11H2,1-4H3. The zero-order chi connectivity index (χ0) is 12.9. The fraction of sp³-hybridized carbons (Fsp3) is 0.923. The van der Waals surface area contributed by atoms with Crippen molar-refractivity contribution in [2.75, 3.05) is 47.3 Å². The van der Waals surface area contributed by atoms with Gasteiger partial charge in [0.1, 0.15) is 0 Å². The average molecular weight is 241 g/mol. The summed E-state index contributed by atoms with van der Waals surface area (Å²) in [6.07, 6.45) is 3.16. The maximum atomic E-state index is 12.4. The molecule has 1 aliphatic heterocycles. The van der Waals surface area contributed by atoms with Gasteiger partial charge in [0.05, 0.1) is 5.41 Å². The van der Waals surface area contributed by atoms with Crippen LogP contribution in [0.1, 0.15) is 26.2 Å². The average Bonchev–Trinajstić information content (AvgIpc) is 2.28. The molecule has 0 aromatic heterocycles. The number of nitrogens with one attached hydrogen (secondary N) is 1. The highest BCUT2D eigenvalue weighted by molar-refractivity contribution is 5.82. The van der Waals surface area contributed by atoms with E-state index in [4.69, 9.17) is 0 Å². The van der Waals surface area contributed by atoms with Gasteiger partial charge in [-0.1, -0.05) is 0 Å². The lowest BCUT2D eigenvalue weighted by atomic mass is 9.81. The van der Waals surface area contributed by atoms with Crippen molar-refractivity contribution in [1.82, 2.24) is 15.1 Å². The fourth-order valence-corrected chi connectivity index (χ4v) is 2.43. The molecule has 1 unspecified atom stereocenters. The summed E-state index contributed by atoms with van der Waals surface area (Å²) in [6.45, 7) is 5.85. The highest BCUT2D eigenvalue weighted by Crippen LogP contribution is 2.27. The van der Waals surface area contributed by atoms with Crippen molar-refractivity contribution in [2.24, 2.45) is 5.41 Å². The first-order valence-corrected chi connectivity index (χ1v) is 6.57. The van der Waals surface area contributed by atoms with Gasteiger partial charge in [0.15, 0.2) is 0 Å².